The Balaban J connectivity index is 2.02. The molecule has 0 unspecified atom stereocenters. The standard InChI is InChI=1S/C14H14N2O3S/c1-20(18,19)12-7-5-11(6-8-12)10-14(17)16-13-4-2-3-9-15-13/h2-9H,10H2,1H3,(H,15,16,17). The van der Waals surface area contributed by atoms with Crippen molar-refractivity contribution in [1.82, 2.24) is 4.98 Å². The third-order valence-corrected chi connectivity index (χ3v) is 3.78. The molecule has 0 radical (unpaired) electrons. The Kier molecular flexibility index (Phi) is 4.14. The summed E-state index contributed by atoms with van der Waals surface area (Å²) in [6, 6.07) is 11.5. The summed E-state index contributed by atoms with van der Waals surface area (Å²) < 4.78 is 22.6. The van der Waals surface area contributed by atoms with Crippen molar-refractivity contribution in [2.24, 2.45) is 0 Å². The minimum absolute atomic E-state index is 0.167. The van der Waals surface area contributed by atoms with Gasteiger partial charge in [-0.2, -0.15) is 0 Å². The summed E-state index contributed by atoms with van der Waals surface area (Å²) in [6.45, 7) is 0. The molecule has 6 heteroatoms. The van der Waals surface area contributed by atoms with Gasteiger partial charge in [-0.15, -0.1) is 0 Å². The van der Waals surface area contributed by atoms with Crippen molar-refractivity contribution in [3.63, 3.8) is 0 Å². The van der Waals surface area contributed by atoms with Crippen molar-refractivity contribution in [3.8, 4) is 0 Å². The number of nitrogens with zero attached hydrogens (tertiary/aromatic N) is 1. The van der Waals surface area contributed by atoms with Crippen LogP contribution >= 0.6 is 0 Å². The molecule has 0 saturated carbocycles. The molecule has 1 aromatic heterocycles. The van der Waals surface area contributed by atoms with E-state index in [1.165, 1.54) is 12.1 Å². The van der Waals surface area contributed by atoms with E-state index in [0.717, 1.165) is 11.8 Å². The number of pyridine rings is 1. The number of anilines is 1. The number of benzene rings is 1. The lowest BCUT2D eigenvalue weighted by Gasteiger charge is -2.05. The first-order valence-corrected chi connectivity index (χ1v) is 7.84. The first-order valence-electron chi connectivity index (χ1n) is 5.95. The van der Waals surface area contributed by atoms with Crippen LogP contribution in [0.5, 0.6) is 0 Å². The van der Waals surface area contributed by atoms with E-state index in [1.807, 2.05) is 0 Å². The molecule has 0 atom stereocenters. The van der Waals surface area contributed by atoms with E-state index in [9.17, 15) is 13.2 Å². The smallest absolute Gasteiger partial charge is 0.229 e. The number of sulfone groups is 1. The Morgan fingerprint density at radius 1 is 1.15 bits per heavy atom. The summed E-state index contributed by atoms with van der Waals surface area (Å²) in [4.78, 5) is 16.0. The molecule has 1 amide bonds. The second-order valence-electron chi connectivity index (χ2n) is 4.36. The molecule has 0 aliphatic heterocycles. The van der Waals surface area contributed by atoms with E-state index >= 15 is 0 Å². The van der Waals surface area contributed by atoms with Crippen LogP contribution in [0, 0.1) is 0 Å². The lowest BCUT2D eigenvalue weighted by Crippen LogP contribution is -2.15. The van der Waals surface area contributed by atoms with E-state index in [-0.39, 0.29) is 17.2 Å². The van der Waals surface area contributed by atoms with Crippen LogP contribution in [0.1, 0.15) is 5.56 Å². The topological polar surface area (TPSA) is 76.1 Å². The average molecular weight is 290 g/mol. The fourth-order valence-electron chi connectivity index (χ4n) is 1.66. The number of hydrogen-bond acceptors (Lipinski definition) is 4. The van der Waals surface area contributed by atoms with Gasteiger partial charge >= 0.3 is 0 Å². The number of aromatic nitrogens is 1. The zero-order valence-corrected chi connectivity index (χ0v) is 11.7. The second kappa shape index (κ2) is 5.83. The summed E-state index contributed by atoms with van der Waals surface area (Å²) in [5, 5.41) is 2.67. The van der Waals surface area contributed by atoms with Crippen LogP contribution in [0.25, 0.3) is 0 Å². The van der Waals surface area contributed by atoms with Crippen molar-refractivity contribution in [1.29, 1.82) is 0 Å². The van der Waals surface area contributed by atoms with Gasteiger partial charge in [0.05, 0.1) is 11.3 Å². The van der Waals surface area contributed by atoms with Gasteiger partial charge in [0.15, 0.2) is 9.84 Å². The van der Waals surface area contributed by atoms with E-state index in [0.29, 0.717) is 5.82 Å². The van der Waals surface area contributed by atoms with Gasteiger partial charge < -0.3 is 5.32 Å². The van der Waals surface area contributed by atoms with Crippen LogP contribution in [0.15, 0.2) is 53.6 Å². The molecular formula is C14H14N2O3S. The zero-order chi connectivity index (χ0) is 14.6. The SMILES string of the molecule is CS(=O)(=O)c1ccc(CC(=O)Nc2ccccn2)cc1. The van der Waals surface area contributed by atoms with Gasteiger partial charge in [0, 0.05) is 12.5 Å². The van der Waals surface area contributed by atoms with Crippen molar-refractivity contribution in [3.05, 3.63) is 54.2 Å². The number of rotatable bonds is 4. The highest BCUT2D eigenvalue weighted by atomic mass is 32.2. The van der Waals surface area contributed by atoms with Gasteiger partial charge in [0.2, 0.25) is 5.91 Å². The first kappa shape index (κ1) is 14.2. The van der Waals surface area contributed by atoms with Gasteiger partial charge in [-0.25, -0.2) is 13.4 Å². The minimum Gasteiger partial charge on any atom is -0.310 e. The molecule has 0 fully saturated rings. The Morgan fingerprint density at radius 3 is 2.40 bits per heavy atom. The van der Waals surface area contributed by atoms with Crippen molar-refractivity contribution < 1.29 is 13.2 Å². The Labute approximate surface area is 117 Å². The lowest BCUT2D eigenvalue weighted by atomic mass is 10.1. The number of amides is 1. The monoisotopic (exact) mass is 290 g/mol. The summed E-state index contributed by atoms with van der Waals surface area (Å²) in [5.41, 5.74) is 0.742. The fraction of sp³-hybridized carbons (Fsp3) is 0.143. The second-order valence-corrected chi connectivity index (χ2v) is 6.37. The molecule has 0 aliphatic rings. The number of hydrogen-bond donors (Lipinski definition) is 1. The molecular weight excluding hydrogens is 276 g/mol. The Hall–Kier alpha value is -2.21. The predicted octanol–water partition coefficient (Wildman–Crippen LogP) is 1.67. The molecule has 0 spiro atoms. The van der Waals surface area contributed by atoms with E-state index in [4.69, 9.17) is 0 Å². The maximum absolute atomic E-state index is 11.8. The molecule has 1 N–H and O–H groups in total. The highest BCUT2D eigenvalue weighted by Gasteiger charge is 2.08. The summed E-state index contributed by atoms with van der Waals surface area (Å²) in [7, 11) is -3.21. The van der Waals surface area contributed by atoms with Gasteiger partial charge in [-0.05, 0) is 29.8 Å². The molecule has 0 saturated heterocycles. The maximum atomic E-state index is 11.8. The molecule has 1 aromatic carbocycles. The molecule has 2 rings (SSSR count). The predicted molar refractivity (Wildman–Crippen MR) is 76.1 cm³/mol. The van der Waals surface area contributed by atoms with E-state index in [1.54, 1.807) is 36.5 Å². The number of nitrogens with one attached hydrogen (secondary N) is 1. The molecule has 1 heterocycles. The lowest BCUT2D eigenvalue weighted by molar-refractivity contribution is -0.115. The van der Waals surface area contributed by atoms with E-state index in [2.05, 4.69) is 10.3 Å². The highest BCUT2D eigenvalue weighted by molar-refractivity contribution is 7.90. The molecule has 0 aliphatic carbocycles. The third kappa shape index (κ3) is 3.89. The minimum atomic E-state index is -3.21. The van der Waals surface area contributed by atoms with Crippen LogP contribution in [-0.4, -0.2) is 25.6 Å². The fourth-order valence-corrected chi connectivity index (χ4v) is 2.29. The summed E-state index contributed by atoms with van der Waals surface area (Å²) in [6.07, 6.45) is 2.91. The van der Waals surface area contributed by atoms with Gasteiger partial charge in [0.1, 0.15) is 5.82 Å². The Morgan fingerprint density at radius 2 is 1.85 bits per heavy atom. The third-order valence-electron chi connectivity index (χ3n) is 2.65. The van der Waals surface area contributed by atoms with Crippen LogP contribution in [0.3, 0.4) is 0 Å². The largest absolute Gasteiger partial charge is 0.310 e. The summed E-state index contributed by atoms with van der Waals surface area (Å²) in [5.74, 6) is 0.293. The molecule has 104 valence electrons. The van der Waals surface area contributed by atoms with Gasteiger partial charge in [-0.1, -0.05) is 18.2 Å². The number of carbonyl (C=O) groups is 1. The average Bonchev–Trinajstić information content (AvgIpc) is 2.39. The van der Waals surface area contributed by atoms with Crippen LogP contribution in [0.2, 0.25) is 0 Å². The van der Waals surface area contributed by atoms with Gasteiger partial charge in [-0.3, -0.25) is 4.79 Å². The summed E-state index contributed by atoms with van der Waals surface area (Å²) >= 11 is 0. The van der Waals surface area contributed by atoms with Crippen molar-refractivity contribution in [2.45, 2.75) is 11.3 Å². The normalized spacial score (nSPS) is 11.1. The number of carbonyl (C=O) groups excluding carboxylic acids is 1. The quantitative estimate of drug-likeness (QED) is 0.929. The van der Waals surface area contributed by atoms with Crippen molar-refractivity contribution in [2.75, 3.05) is 11.6 Å². The Bertz CT molecular complexity index is 695. The zero-order valence-electron chi connectivity index (χ0n) is 10.9. The molecule has 20 heavy (non-hydrogen) atoms. The highest BCUT2D eigenvalue weighted by Crippen LogP contribution is 2.11. The van der Waals surface area contributed by atoms with Crippen LogP contribution in [-0.2, 0) is 21.1 Å². The van der Waals surface area contributed by atoms with Gasteiger partial charge in [0.25, 0.3) is 0 Å². The van der Waals surface area contributed by atoms with E-state index < -0.39 is 9.84 Å². The van der Waals surface area contributed by atoms with Crippen molar-refractivity contribution >= 4 is 21.6 Å². The molecule has 2 aromatic rings. The first-order chi connectivity index (χ1) is 9.45. The van der Waals surface area contributed by atoms with Crippen LogP contribution < -0.4 is 5.32 Å². The molecule has 0 bridgehead atoms. The van der Waals surface area contributed by atoms with Crippen LogP contribution in [0.4, 0.5) is 5.82 Å². The molecule has 5 nitrogen and oxygen atoms in total. The maximum Gasteiger partial charge on any atom is 0.229 e.